The van der Waals surface area contributed by atoms with Crippen LogP contribution >= 0.6 is 0 Å². The standard InChI is InChI=1S/C5H9NO4/c1-3(7)6-4(8)2-5(9)10/h4,8H,2H2,1H3,(H,6,7)(H,9,10). The van der Waals surface area contributed by atoms with Crippen LogP contribution in [0.2, 0.25) is 0 Å². The fourth-order valence-electron chi connectivity index (χ4n) is 0.451. The van der Waals surface area contributed by atoms with E-state index < -0.39 is 24.5 Å². The van der Waals surface area contributed by atoms with Gasteiger partial charge in [-0.25, -0.2) is 0 Å². The number of hydrogen-bond donors (Lipinski definition) is 3. The maximum Gasteiger partial charge on any atom is 0.307 e. The first-order valence-corrected chi connectivity index (χ1v) is 2.69. The highest BCUT2D eigenvalue weighted by Crippen LogP contribution is 1.85. The Morgan fingerprint density at radius 1 is 1.60 bits per heavy atom. The minimum Gasteiger partial charge on any atom is -0.481 e. The molecule has 0 aromatic heterocycles. The van der Waals surface area contributed by atoms with E-state index in [4.69, 9.17) is 10.2 Å². The third-order valence-corrected chi connectivity index (χ3v) is 0.738. The minimum absolute atomic E-state index is 0.450. The molecule has 10 heavy (non-hydrogen) atoms. The molecular formula is C5H9NO4. The van der Waals surface area contributed by atoms with Crippen LogP contribution in [-0.2, 0) is 9.59 Å². The molecule has 0 heterocycles. The molecule has 0 saturated carbocycles. The predicted molar refractivity (Wildman–Crippen MR) is 32.1 cm³/mol. The lowest BCUT2D eigenvalue weighted by Crippen LogP contribution is -2.34. The molecule has 0 aliphatic rings. The second kappa shape index (κ2) is 3.84. The normalized spacial score (nSPS) is 12.2. The van der Waals surface area contributed by atoms with Crippen molar-refractivity contribution in [3.8, 4) is 0 Å². The third-order valence-electron chi connectivity index (χ3n) is 0.738. The van der Waals surface area contributed by atoms with Crippen molar-refractivity contribution in [2.45, 2.75) is 19.6 Å². The summed E-state index contributed by atoms with van der Waals surface area (Å²) >= 11 is 0. The van der Waals surface area contributed by atoms with Crippen molar-refractivity contribution >= 4 is 11.9 Å². The van der Waals surface area contributed by atoms with E-state index in [2.05, 4.69) is 0 Å². The third kappa shape index (κ3) is 5.04. The van der Waals surface area contributed by atoms with Crippen LogP contribution in [0.4, 0.5) is 0 Å². The molecule has 0 rings (SSSR count). The second-order valence-corrected chi connectivity index (χ2v) is 1.81. The Labute approximate surface area is 57.7 Å². The summed E-state index contributed by atoms with van der Waals surface area (Å²) in [6, 6.07) is 0. The molecule has 0 fully saturated rings. The summed E-state index contributed by atoms with van der Waals surface area (Å²) in [5.41, 5.74) is 0. The molecule has 0 aliphatic carbocycles. The molecule has 0 saturated heterocycles. The SMILES string of the molecule is CC(=O)NC(O)CC(=O)O. The summed E-state index contributed by atoms with van der Waals surface area (Å²) in [7, 11) is 0. The Hall–Kier alpha value is -1.10. The molecule has 0 spiro atoms. The van der Waals surface area contributed by atoms with Crippen molar-refractivity contribution in [2.24, 2.45) is 0 Å². The Morgan fingerprint density at radius 3 is 2.40 bits per heavy atom. The summed E-state index contributed by atoms with van der Waals surface area (Å²) < 4.78 is 0. The van der Waals surface area contributed by atoms with Gasteiger partial charge in [-0.15, -0.1) is 0 Å². The topological polar surface area (TPSA) is 86.6 Å². The van der Waals surface area contributed by atoms with Gasteiger partial charge in [0, 0.05) is 6.92 Å². The number of aliphatic hydroxyl groups is 1. The van der Waals surface area contributed by atoms with Crippen molar-refractivity contribution in [1.29, 1.82) is 0 Å². The van der Waals surface area contributed by atoms with Gasteiger partial charge in [0.2, 0.25) is 5.91 Å². The lowest BCUT2D eigenvalue weighted by Gasteiger charge is -2.06. The number of carbonyl (C=O) groups is 2. The highest BCUT2D eigenvalue weighted by molar-refractivity contribution is 5.74. The quantitative estimate of drug-likeness (QED) is 0.443. The fourth-order valence-corrected chi connectivity index (χ4v) is 0.451. The van der Waals surface area contributed by atoms with Gasteiger partial charge < -0.3 is 15.5 Å². The summed E-state index contributed by atoms with van der Waals surface area (Å²) in [5.74, 6) is -1.60. The van der Waals surface area contributed by atoms with E-state index in [1.807, 2.05) is 5.32 Å². The largest absolute Gasteiger partial charge is 0.481 e. The molecule has 0 aliphatic heterocycles. The summed E-state index contributed by atoms with van der Waals surface area (Å²) in [4.78, 5) is 20.1. The van der Waals surface area contributed by atoms with Crippen LogP contribution in [0, 0.1) is 0 Å². The zero-order chi connectivity index (χ0) is 8.15. The van der Waals surface area contributed by atoms with Gasteiger partial charge in [-0.2, -0.15) is 0 Å². The molecule has 3 N–H and O–H groups in total. The number of carboxylic acid groups (broad SMARTS) is 1. The van der Waals surface area contributed by atoms with E-state index in [0.29, 0.717) is 0 Å². The van der Waals surface area contributed by atoms with Gasteiger partial charge in [0.05, 0.1) is 6.42 Å². The molecule has 0 aromatic carbocycles. The van der Waals surface area contributed by atoms with Gasteiger partial charge in [-0.1, -0.05) is 0 Å². The van der Waals surface area contributed by atoms with Crippen LogP contribution in [0.5, 0.6) is 0 Å². The molecule has 0 radical (unpaired) electrons. The minimum atomic E-state index is -1.28. The van der Waals surface area contributed by atoms with Gasteiger partial charge in [-0.3, -0.25) is 9.59 Å². The number of aliphatic hydroxyl groups excluding tert-OH is 1. The number of hydrogen-bond acceptors (Lipinski definition) is 3. The first kappa shape index (κ1) is 8.90. The monoisotopic (exact) mass is 147 g/mol. The molecule has 0 aromatic rings. The van der Waals surface area contributed by atoms with E-state index in [1.165, 1.54) is 6.92 Å². The molecule has 1 atom stereocenters. The van der Waals surface area contributed by atoms with Gasteiger partial charge in [0.1, 0.15) is 6.23 Å². The number of aliphatic carboxylic acids is 1. The molecule has 5 nitrogen and oxygen atoms in total. The van der Waals surface area contributed by atoms with Crippen molar-refractivity contribution in [2.75, 3.05) is 0 Å². The average Bonchev–Trinajstić information content (AvgIpc) is 1.58. The van der Waals surface area contributed by atoms with E-state index in [-0.39, 0.29) is 0 Å². The van der Waals surface area contributed by atoms with Gasteiger partial charge in [0.15, 0.2) is 0 Å². The van der Waals surface area contributed by atoms with E-state index in [0.717, 1.165) is 0 Å². The summed E-state index contributed by atoms with van der Waals surface area (Å²) in [5, 5.41) is 18.8. The van der Waals surface area contributed by atoms with Gasteiger partial charge in [0.25, 0.3) is 0 Å². The Bertz CT molecular complexity index is 129. The number of carboxylic acids is 1. The maximum atomic E-state index is 10.2. The van der Waals surface area contributed by atoms with Crippen molar-refractivity contribution in [3.63, 3.8) is 0 Å². The van der Waals surface area contributed by atoms with Crippen LogP contribution < -0.4 is 5.32 Å². The van der Waals surface area contributed by atoms with Crippen LogP contribution in [0.15, 0.2) is 0 Å². The molecule has 1 unspecified atom stereocenters. The number of carbonyl (C=O) groups excluding carboxylic acids is 1. The van der Waals surface area contributed by atoms with Crippen molar-refractivity contribution in [3.05, 3.63) is 0 Å². The smallest absolute Gasteiger partial charge is 0.307 e. The van der Waals surface area contributed by atoms with Crippen molar-refractivity contribution < 1.29 is 19.8 Å². The van der Waals surface area contributed by atoms with E-state index in [9.17, 15) is 9.59 Å². The highest BCUT2D eigenvalue weighted by Gasteiger charge is 2.08. The first-order chi connectivity index (χ1) is 4.52. The molecule has 1 amide bonds. The van der Waals surface area contributed by atoms with Gasteiger partial charge >= 0.3 is 5.97 Å². The number of rotatable bonds is 3. The summed E-state index contributed by atoms with van der Waals surface area (Å²) in [6.45, 7) is 1.20. The predicted octanol–water partition coefficient (Wildman–Crippen LogP) is -1.08. The van der Waals surface area contributed by atoms with Crippen LogP contribution in [0.3, 0.4) is 0 Å². The molecule has 58 valence electrons. The lowest BCUT2D eigenvalue weighted by atomic mass is 10.4. The maximum absolute atomic E-state index is 10.2. The zero-order valence-corrected chi connectivity index (χ0v) is 5.50. The van der Waals surface area contributed by atoms with Crippen molar-refractivity contribution in [1.82, 2.24) is 5.32 Å². The zero-order valence-electron chi connectivity index (χ0n) is 5.50. The molecule has 5 heteroatoms. The summed E-state index contributed by atoms with van der Waals surface area (Å²) in [6.07, 6.45) is -1.76. The van der Waals surface area contributed by atoms with Crippen LogP contribution in [-0.4, -0.2) is 28.3 Å². The Kier molecular flexibility index (Phi) is 3.42. The molecule has 0 bridgehead atoms. The van der Waals surface area contributed by atoms with E-state index in [1.54, 1.807) is 0 Å². The second-order valence-electron chi connectivity index (χ2n) is 1.81. The van der Waals surface area contributed by atoms with Gasteiger partial charge in [-0.05, 0) is 0 Å². The highest BCUT2D eigenvalue weighted by atomic mass is 16.4. The lowest BCUT2D eigenvalue weighted by molar-refractivity contribution is -0.140. The molecular weight excluding hydrogens is 138 g/mol. The average molecular weight is 147 g/mol. The van der Waals surface area contributed by atoms with Crippen LogP contribution in [0.25, 0.3) is 0 Å². The Morgan fingerprint density at radius 2 is 2.10 bits per heavy atom. The fraction of sp³-hybridized carbons (Fsp3) is 0.600. The first-order valence-electron chi connectivity index (χ1n) is 2.69. The van der Waals surface area contributed by atoms with Crippen LogP contribution in [0.1, 0.15) is 13.3 Å². The Balaban J connectivity index is 3.53. The number of nitrogens with one attached hydrogen (secondary N) is 1. The number of amides is 1. The van der Waals surface area contributed by atoms with E-state index >= 15 is 0 Å².